The standard InChI is InChI=1S/C19H30N2O3/c1-14-5-4-8-18(21-14)24-13-19(9-16(22)17(23)10-19)12-20-11-15-6-2-3-7-15/h4-5,8,15-17,20,22-23H,2-3,6-7,9-13H2,1H3/t16-,17+,19?. The number of pyridine rings is 1. The van der Waals surface area contributed by atoms with E-state index in [1.165, 1.54) is 25.7 Å². The zero-order chi connectivity index (χ0) is 17.0. The number of aryl methyl sites for hydroxylation is 1. The summed E-state index contributed by atoms with van der Waals surface area (Å²) in [4.78, 5) is 4.38. The Balaban J connectivity index is 1.57. The van der Waals surface area contributed by atoms with Crippen molar-refractivity contribution in [2.45, 2.75) is 57.7 Å². The molecule has 2 aliphatic carbocycles. The SMILES string of the molecule is Cc1cccc(OCC2(CNCC3CCCC3)C[C@@H](O)[C@@H](O)C2)n1. The molecule has 3 rings (SSSR count). The van der Waals surface area contributed by atoms with Crippen molar-refractivity contribution in [3.05, 3.63) is 23.9 Å². The van der Waals surface area contributed by atoms with Crippen LogP contribution in [-0.4, -0.2) is 47.1 Å². The summed E-state index contributed by atoms with van der Waals surface area (Å²) < 4.78 is 5.92. The molecule has 0 saturated heterocycles. The third-order valence-corrected chi connectivity index (χ3v) is 5.53. The minimum absolute atomic E-state index is 0.233. The molecule has 0 bridgehead atoms. The number of aromatic nitrogens is 1. The summed E-state index contributed by atoms with van der Waals surface area (Å²) in [7, 11) is 0. The maximum atomic E-state index is 10.0. The molecule has 2 saturated carbocycles. The minimum atomic E-state index is -0.660. The lowest BCUT2D eigenvalue weighted by Gasteiger charge is -2.29. The van der Waals surface area contributed by atoms with Crippen molar-refractivity contribution < 1.29 is 14.9 Å². The topological polar surface area (TPSA) is 74.6 Å². The lowest BCUT2D eigenvalue weighted by molar-refractivity contribution is 0.0438. The zero-order valence-electron chi connectivity index (χ0n) is 14.6. The number of nitrogens with zero attached hydrogens (tertiary/aromatic N) is 1. The van der Waals surface area contributed by atoms with Gasteiger partial charge in [-0.3, -0.25) is 0 Å². The van der Waals surface area contributed by atoms with Gasteiger partial charge >= 0.3 is 0 Å². The van der Waals surface area contributed by atoms with Crippen LogP contribution in [-0.2, 0) is 0 Å². The predicted molar refractivity (Wildman–Crippen MR) is 93.0 cm³/mol. The van der Waals surface area contributed by atoms with Gasteiger partial charge in [-0.05, 0) is 51.1 Å². The predicted octanol–water partition coefficient (Wildman–Crippen LogP) is 2.05. The molecule has 0 spiro atoms. The van der Waals surface area contributed by atoms with Crippen molar-refractivity contribution in [2.75, 3.05) is 19.7 Å². The second-order valence-corrected chi connectivity index (χ2v) is 7.73. The molecule has 1 unspecified atom stereocenters. The van der Waals surface area contributed by atoms with Crippen molar-refractivity contribution in [1.29, 1.82) is 0 Å². The quantitative estimate of drug-likeness (QED) is 0.712. The van der Waals surface area contributed by atoms with E-state index in [9.17, 15) is 10.2 Å². The molecule has 3 atom stereocenters. The summed E-state index contributed by atoms with van der Waals surface area (Å²) >= 11 is 0. The highest BCUT2D eigenvalue weighted by atomic mass is 16.5. The molecule has 134 valence electrons. The van der Waals surface area contributed by atoms with Crippen LogP contribution in [0.5, 0.6) is 5.88 Å². The van der Waals surface area contributed by atoms with E-state index >= 15 is 0 Å². The molecule has 0 aliphatic heterocycles. The summed E-state index contributed by atoms with van der Waals surface area (Å²) in [6.07, 6.45) is 5.13. The van der Waals surface area contributed by atoms with Gasteiger partial charge in [0.25, 0.3) is 0 Å². The molecule has 2 aliphatic rings. The number of aliphatic hydroxyl groups is 2. The molecule has 0 aromatic carbocycles. The van der Waals surface area contributed by atoms with Crippen LogP contribution in [0.25, 0.3) is 0 Å². The van der Waals surface area contributed by atoms with Gasteiger partial charge in [0.2, 0.25) is 5.88 Å². The van der Waals surface area contributed by atoms with Crippen LogP contribution in [0.3, 0.4) is 0 Å². The zero-order valence-corrected chi connectivity index (χ0v) is 14.6. The van der Waals surface area contributed by atoms with Gasteiger partial charge in [-0.1, -0.05) is 18.9 Å². The van der Waals surface area contributed by atoms with Crippen LogP contribution in [0, 0.1) is 18.3 Å². The summed E-state index contributed by atoms with van der Waals surface area (Å²) in [6.45, 7) is 4.20. The maximum Gasteiger partial charge on any atom is 0.213 e. The highest BCUT2D eigenvalue weighted by molar-refractivity contribution is 5.15. The molecular formula is C19H30N2O3. The Morgan fingerprint density at radius 3 is 2.58 bits per heavy atom. The molecule has 1 aromatic heterocycles. The van der Waals surface area contributed by atoms with Crippen molar-refractivity contribution >= 4 is 0 Å². The molecule has 3 N–H and O–H groups in total. The third-order valence-electron chi connectivity index (χ3n) is 5.53. The molecule has 0 amide bonds. The maximum absolute atomic E-state index is 10.0. The molecular weight excluding hydrogens is 304 g/mol. The average Bonchev–Trinajstić information content (AvgIpc) is 3.15. The van der Waals surface area contributed by atoms with Crippen molar-refractivity contribution in [2.24, 2.45) is 11.3 Å². The van der Waals surface area contributed by atoms with Crippen molar-refractivity contribution in [3.8, 4) is 5.88 Å². The first-order valence-electron chi connectivity index (χ1n) is 9.20. The summed E-state index contributed by atoms with van der Waals surface area (Å²) in [5, 5.41) is 23.6. The molecule has 5 nitrogen and oxygen atoms in total. The van der Waals surface area contributed by atoms with Gasteiger partial charge in [0.1, 0.15) is 0 Å². The fraction of sp³-hybridized carbons (Fsp3) is 0.737. The molecule has 1 aromatic rings. The highest BCUT2D eigenvalue weighted by Crippen LogP contribution is 2.38. The van der Waals surface area contributed by atoms with Gasteiger partial charge in [0, 0.05) is 23.7 Å². The Labute approximate surface area is 144 Å². The lowest BCUT2D eigenvalue weighted by atomic mass is 9.86. The molecule has 0 radical (unpaired) electrons. The minimum Gasteiger partial charge on any atom is -0.477 e. The first kappa shape index (κ1) is 17.6. The van der Waals surface area contributed by atoms with Gasteiger partial charge in [-0.2, -0.15) is 0 Å². The van der Waals surface area contributed by atoms with Crippen LogP contribution in [0.2, 0.25) is 0 Å². The number of nitrogens with one attached hydrogen (secondary N) is 1. The largest absolute Gasteiger partial charge is 0.477 e. The van der Waals surface area contributed by atoms with Gasteiger partial charge in [-0.15, -0.1) is 0 Å². The lowest BCUT2D eigenvalue weighted by Crippen LogP contribution is -2.39. The van der Waals surface area contributed by atoms with Gasteiger partial charge in [0.05, 0.1) is 18.8 Å². The van der Waals surface area contributed by atoms with Crippen LogP contribution in [0.4, 0.5) is 0 Å². The fourth-order valence-electron chi connectivity index (χ4n) is 4.14. The highest BCUT2D eigenvalue weighted by Gasteiger charge is 2.44. The fourth-order valence-corrected chi connectivity index (χ4v) is 4.14. The van der Waals surface area contributed by atoms with Crippen LogP contribution in [0.15, 0.2) is 18.2 Å². The van der Waals surface area contributed by atoms with E-state index in [1.807, 2.05) is 25.1 Å². The summed E-state index contributed by atoms with van der Waals surface area (Å²) in [6, 6.07) is 5.73. The van der Waals surface area contributed by atoms with Crippen molar-refractivity contribution in [3.63, 3.8) is 0 Å². The number of hydrogen-bond acceptors (Lipinski definition) is 5. The second-order valence-electron chi connectivity index (χ2n) is 7.73. The van der Waals surface area contributed by atoms with E-state index < -0.39 is 12.2 Å². The Bertz CT molecular complexity index is 521. The number of hydrogen-bond donors (Lipinski definition) is 3. The second kappa shape index (κ2) is 7.81. The van der Waals surface area contributed by atoms with E-state index in [0.29, 0.717) is 25.3 Å². The number of ether oxygens (including phenoxy) is 1. The van der Waals surface area contributed by atoms with Crippen molar-refractivity contribution in [1.82, 2.24) is 10.3 Å². The van der Waals surface area contributed by atoms with E-state index in [0.717, 1.165) is 24.7 Å². The molecule has 1 heterocycles. The van der Waals surface area contributed by atoms with E-state index in [-0.39, 0.29) is 5.41 Å². The normalized spacial score (nSPS) is 30.8. The molecule has 24 heavy (non-hydrogen) atoms. The molecule has 5 heteroatoms. The monoisotopic (exact) mass is 334 g/mol. The molecule has 2 fully saturated rings. The number of rotatable bonds is 7. The van der Waals surface area contributed by atoms with E-state index in [1.54, 1.807) is 0 Å². The van der Waals surface area contributed by atoms with E-state index in [4.69, 9.17) is 4.74 Å². The Kier molecular flexibility index (Phi) is 5.74. The Hall–Kier alpha value is -1.17. The number of aliphatic hydroxyl groups excluding tert-OH is 2. The van der Waals surface area contributed by atoms with Crippen LogP contribution < -0.4 is 10.1 Å². The van der Waals surface area contributed by atoms with Crippen LogP contribution >= 0.6 is 0 Å². The van der Waals surface area contributed by atoms with E-state index in [2.05, 4.69) is 10.3 Å². The first-order valence-corrected chi connectivity index (χ1v) is 9.20. The van der Waals surface area contributed by atoms with Gasteiger partial charge in [-0.25, -0.2) is 4.98 Å². The third kappa shape index (κ3) is 4.47. The first-order chi connectivity index (χ1) is 11.6. The Morgan fingerprint density at radius 2 is 1.92 bits per heavy atom. The average molecular weight is 334 g/mol. The summed E-state index contributed by atoms with van der Waals surface area (Å²) in [5.41, 5.74) is 0.690. The Morgan fingerprint density at radius 1 is 1.21 bits per heavy atom. The smallest absolute Gasteiger partial charge is 0.213 e. The van der Waals surface area contributed by atoms with Gasteiger partial charge in [0.15, 0.2) is 0 Å². The van der Waals surface area contributed by atoms with Gasteiger partial charge < -0.3 is 20.3 Å². The van der Waals surface area contributed by atoms with Crippen LogP contribution in [0.1, 0.15) is 44.2 Å². The summed E-state index contributed by atoms with van der Waals surface area (Å²) in [5.74, 6) is 1.39.